The van der Waals surface area contributed by atoms with Gasteiger partial charge < -0.3 is 10.6 Å². The summed E-state index contributed by atoms with van der Waals surface area (Å²) in [6.45, 7) is 6.29. The highest BCUT2D eigenvalue weighted by atomic mass is 32.2. The summed E-state index contributed by atoms with van der Waals surface area (Å²) in [5.41, 5.74) is 8.59. The van der Waals surface area contributed by atoms with Crippen LogP contribution >= 0.6 is 11.8 Å². The van der Waals surface area contributed by atoms with E-state index in [9.17, 15) is 0 Å². The number of thioether (sulfide) groups is 1. The highest BCUT2D eigenvalue weighted by Gasteiger charge is 2.21. The Labute approximate surface area is 132 Å². The summed E-state index contributed by atoms with van der Waals surface area (Å²) in [7, 11) is 2.01. The SMILES string of the molecule is CCc1nnc(N(C)C(C)CCSC)c(C(=N)N)c1CC. The number of rotatable bonds is 8. The average Bonchev–Trinajstić information content (AvgIpc) is 2.49. The molecule has 1 rings (SSSR count). The normalized spacial score (nSPS) is 12.2. The van der Waals surface area contributed by atoms with E-state index < -0.39 is 0 Å². The highest BCUT2D eigenvalue weighted by molar-refractivity contribution is 7.98. The number of hydrogen-bond acceptors (Lipinski definition) is 5. The predicted octanol–water partition coefficient (Wildman–Crippen LogP) is 2.46. The van der Waals surface area contributed by atoms with E-state index in [-0.39, 0.29) is 5.84 Å². The Morgan fingerprint density at radius 3 is 2.48 bits per heavy atom. The molecular formula is C15H27N5S. The number of aromatic nitrogens is 2. The van der Waals surface area contributed by atoms with E-state index in [1.807, 2.05) is 18.8 Å². The number of nitrogens with zero attached hydrogens (tertiary/aromatic N) is 3. The lowest BCUT2D eigenvalue weighted by molar-refractivity contribution is 0.654. The standard InChI is InChI=1S/C15H27N5S/c1-6-11-12(7-2)18-19-15(13(11)14(16)17)20(4)10(3)8-9-21-5/h10H,6-9H2,1-5H3,(H3,16,17). The molecule has 3 N–H and O–H groups in total. The van der Waals surface area contributed by atoms with Crippen molar-refractivity contribution < 1.29 is 0 Å². The first-order chi connectivity index (χ1) is 9.97. The van der Waals surface area contributed by atoms with Gasteiger partial charge in [-0.15, -0.1) is 5.10 Å². The van der Waals surface area contributed by atoms with Crippen molar-refractivity contribution in [1.29, 1.82) is 5.41 Å². The maximum atomic E-state index is 7.94. The van der Waals surface area contributed by atoms with Crippen LogP contribution < -0.4 is 10.6 Å². The molecule has 1 unspecified atom stereocenters. The molecule has 0 spiro atoms. The Bertz CT molecular complexity index is 489. The summed E-state index contributed by atoms with van der Waals surface area (Å²) in [5.74, 6) is 1.91. The molecule has 0 saturated heterocycles. The van der Waals surface area contributed by atoms with Crippen molar-refractivity contribution in [3.05, 3.63) is 16.8 Å². The van der Waals surface area contributed by atoms with Gasteiger partial charge in [0.25, 0.3) is 0 Å². The van der Waals surface area contributed by atoms with Gasteiger partial charge in [-0.25, -0.2) is 0 Å². The van der Waals surface area contributed by atoms with Crippen molar-refractivity contribution in [2.45, 2.75) is 46.1 Å². The van der Waals surface area contributed by atoms with E-state index >= 15 is 0 Å². The molecule has 0 aromatic carbocycles. The summed E-state index contributed by atoms with van der Waals surface area (Å²) >= 11 is 1.84. The van der Waals surface area contributed by atoms with Gasteiger partial charge in [-0.1, -0.05) is 13.8 Å². The Kier molecular flexibility index (Phi) is 6.95. The highest BCUT2D eigenvalue weighted by Crippen LogP contribution is 2.25. The second-order valence-corrected chi connectivity index (χ2v) is 6.17. The fraction of sp³-hybridized carbons (Fsp3) is 0.667. The fourth-order valence-electron chi connectivity index (χ4n) is 2.38. The fourth-order valence-corrected chi connectivity index (χ4v) is 2.96. The molecule has 1 aromatic heterocycles. The smallest absolute Gasteiger partial charge is 0.162 e. The Morgan fingerprint density at radius 1 is 1.33 bits per heavy atom. The minimum Gasteiger partial charge on any atom is -0.384 e. The number of nitrogens with one attached hydrogen (secondary N) is 1. The number of hydrogen-bond donors (Lipinski definition) is 2. The summed E-state index contributed by atoms with van der Waals surface area (Å²) in [6.07, 6.45) is 4.79. The second-order valence-electron chi connectivity index (χ2n) is 5.19. The van der Waals surface area contributed by atoms with Crippen molar-refractivity contribution in [3.63, 3.8) is 0 Å². The van der Waals surface area contributed by atoms with Crippen LogP contribution in [-0.4, -0.2) is 41.1 Å². The van der Waals surface area contributed by atoms with Crippen LogP contribution in [0.3, 0.4) is 0 Å². The molecule has 0 saturated carbocycles. The number of nitrogens with two attached hydrogens (primary N) is 1. The Morgan fingerprint density at radius 2 is 2.00 bits per heavy atom. The molecule has 5 nitrogen and oxygen atoms in total. The second kappa shape index (κ2) is 8.22. The van der Waals surface area contributed by atoms with Crippen LogP contribution in [0.4, 0.5) is 5.82 Å². The molecule has 0 aliphatic heterocycles. The molecule has 0 aliphatic carbocycles. The monoisotopic (exact) mass is 309 g/mol. The first-order valence-corrected chi connectivity index (χ1v) is 8.81. The van der Waals surface area contributed by atoms with Crippen molar-refractivity contribution in [2.75, 3.05) is 24.0 Å². The number of nitrogen functional groups attached to an aromatic ring is 1. The molecule has 118 valence electrons. The van der Waals surface area contributed by atoms with Crippen LogP contribution in [-0.2, 0) is 12.8 Å². The molecule has 0 fully saturated rings. The van der Waals surface area contributed by atoms with Crippen molar-refractivity contribution in [1.82, 2.24) is 10.2 Å². The number of amidine groups is 1. The van der Waals surface area contributed by atoms with Gasteiger partial charge in [-0.05, 0) is 43.8 Å². The van der Waals surface area contributed by atoms with Crippen molar-refractivity contribution in [2.24, 2.45) is 5.73 Å². The lowest BCUT2D eigenvalue weighted by Gasteiger charge is -2.28. The van der Waals surface area contributed by atoms with Gasteiger partial charge in [0.2, 0.25) is 0 Å². The zero-order valence-electron chi connectivity index (χ0n) is 13.7. The topological polar surface area (TPSA) is 78.9 Å². The number of anilines is 1. The molecule has 0 aliphatic rings. The molecule has 1 atom stereocenters. The van der Waals surface area contributed by atoms with E-state index in [0.717, 1.165) is 47.7 Å². The molecule has 1 heterocycles. The van der Waals surface area contributed by atoms with Gasteiger partial charge in [0.15, 0.2) is 5.82 Å². The summed E-state index contributed by atoms with van der Waals surface area (Å²) in [5, 5.41) is 16.6. The lowest BCUT2D eigenvalue weighted by Crippen LogP contribution is -2.33. The predicted molar refractivity (Wildman–Crippen MR) is 92.7 cm³/mol. The van der Waals surface area contributed by atoms with Crippen LogP contribution in [0.5, 0.6) is 0 Å². The minimum absolute atomic E-state index is 0.0790. The molecule has 0 radical (unpaired) electrons. The first-order valence-electron chi connectivity index (χ1n) is 7.42. The third-order valence-corrected chi connectivity index (χ3v) is 4.48. The van der Waals surface area contributed by atoms with Gasteiger partial charge in [-0.2, -0.15) is 16.9 Å². The summed E-state index contributed by atoms with van der Waals surface area (Å²) in [4.78, 5) is 2.10. The van der Waals surface area contributed by atoms with Crippen molar-refractivity contribution >= 4 is 23.4 Å². The third-order valence-electron chi connectivity index (χ3n) is 3.83. The van der Waals surface area contributed by atoms with Gasteiger partial charge in [-0.3, -0.25) is 5.41 Å². The third kappa shape index (κ3) is 4.09. The number of aryl methyl sites for hydroxylation is 1. The minimum atomic E-state index is 0.0790. The lowest BCUT2D eigenvalue weighted by atomic mass is 10.0. The van der Waals surface area contributed by atoms with E-state index in [2.05, 4.69) is 42.1 Å². The van der Waals surface area contributed by atoms with Crippen LogP contribution in [0.25, 0.3) is 0 Å². The van der Waals surface area contributed by atoms with E-state index in [4.69, 9.17) is 11.1 Å². The van der Waals surface area contributed by atoms with Gasteiger partial charge in [0, 0.05) is 13.1 Å². The van der Waals surface area contributed by atoms with Crippen LogP contribution in [0.1, 0.15) is 44.0 Å². The largest absolute Gasteiger partial charge is 0.384 e. The maximum absolute atomic E-state index is 7.94. The zero-order chi connectivity index (χ0) is 16.0. The quantitative estimate of drug-likeness (QED) is 0.569. The van der Waals surface area contributed by atoms with Gasteiger partial charge in [0.05, 0.1) is 11.3 Å². The van der Waals surface area contributed by atoms with Gasteiger partial charge in [0.1, 0.15) is 5.84 Å². The molecule has 0 bridgehead atoms. The zero-order valence-corrected chi connectivity index (χ0v) is 14.5. The molecule has 1 aromatic rings. The van der Waals surface area contributed by atoms with Gasteiger partial charge >= 0.3 is 0 Å². The van der Waals surface area contributed by atoms with E-state index in [1.165, 1.54) is 0 Å². The molecular weight excluding hydrogens is 282 g/mol. The first kappa shape index (κ1) is 17.8. The molecule has 21 heavy (non-hydrogen) atoms. The summed E-state index contributed by atoms with van der Waals surface area (Å²) in [6, 6.07) is 0.335. The van der Waals surface area contributed by atoms with Crippen LogP contribution in [0.2, 0.25) is 0 Å². The van der Waals surface area contributed by atoms with Crippen LogP contribution in [0, 0.1) is 5.41 Å². The Balaban J connectivity index is 3.25. The average molecular weight is 309 g/mol. The molecule has 6 heteroatoms. The Hall–Kier alpha value is -1.30. The molecule has 0 amide bonds. The van der Waals surface area contributed by atoms with Crippen LogP contribution in [0.15, 0.2) is 0 Å². The van der Waals surface area contributed by atoms with Crippen molar-refractivity contribution in [3.8, 4) is 0 Å². The summed E-state index contributed by atoms with van der Waals surface area (Å²) < 4.78 is 0. The maximum Gasteiger partial charge on any atom is 0.162 e. The van der Waals surface area contributed by atoms with E-state index in [0.29, 0.717) is 6.04 Å². The van der Waals surface area contributed by atoms with E-state index in [1.54, 1.807) is 0 Å².